The smallest absolute Gasteiger partial charge is 0.251 e. The molecule has 3 aromatic rings. The van der Waals surface area contributed by atoms with Crippen LogP contribution in [0.1, 0.15) is 83.1 Å². The van der Waals surface area contributed by atoms with Crippen molar-refractivity contribution in [2.24, 2.45) is 11.3 Å². The first kappa shape index (κ1) is 23.9. The summed E-state index contributed by atoms with van der Waals surface area (Å²) in [5.74, 6) is 0.927. The molecule has 4 aliphatic rings. The van der Waals surface area contributed by atoms with Gasteiger partial charge in [0.25, 0.3) is 5.91 Å². The van der Waals surface area contributed by atoms with Crippen molar-refractivity contribution in [3.05, 3.63) is 70.4 Å². The normalized spacial score (nSPS) is 27.6. The van der Waals surface area contributed by atoms with E-state index in [4.69, 9.17) is 0 Å². The molecule has 1 atom stereocenters. The summed E-state index contributed by atoms with van der Waals surface area (Å²) < 4.78 is 0. The number of H-pyrrole nitrogens is 1. The molecule has 1 aromatic heterocycles. The molecule has 7 rings (SSSR count). The van der Waals surface area contributed by atoms with Crippen LogP contribution in [-0.2, 0) is 6.54 Å². The Bertz CT molecular complexity index is 1400. The Hall–Kier alpha value is -3.14. The fraction of sp³-hybridized carbons (Fsp3) is 0.500. The van der Waals surface area contributed by atoms with Crippen molar-refractivity contribution in [1.29, 1.82) is 5.26 Å². The minimum atomic E-state index is 0.0134. The zero-order valence-corrected chi connectivity index (χ0v) is 22.2. The first-order valence-corrected chi connectivity index (χ1v) is 14.4. The number of nitriles is 1. The zero-order valence-electron chi connectivity index (χ0n) is 22.2. The Balaban J connectivity index is 1.19. The van der Waals surface area contributed by atoms with E-state index in [1.54, 1.807) is 5.56 Å². The van der Waals surface area contributed by atoms with Crippen LogP contribution in [0.15, 0.2) is 42.6 Å². The summed E-state index contributed by atoms with van der Waals surface area (Å²) in [5, 5.41) is 17.2. The maximum absolute atomic E-state index is 12.7. The number of aryl methyl sites for hydroxylation is 1. The highest BCUT2D eigenvalue weighted by molar-refractivity contribution is 5.94. The van der Waals surface area contributed by atoms with Gasteiger partial charge in [-0.2, -0.15) is 5.26 Å². The molecule has 1 unspecified atom stereocenters. The van der Waals surface area contributed by atoms with Crippen LogP contribution in [0.3, 0.4) is 0 Å². The first-order valence-electron chi connectivity index (χ1n) is 14.4. The van der Waals surface area contributed by atoms with Crippen molar-refractivity contribution in [3.8, 4) is 6.07 Å². The molecule has 2 aromatic carbocycles. The van der Waals surface area contributed by atoms with Gasteiger partial charge < -0.3 is 15.6 Å². The van der Waals surface area contributed by atoms with Crippen LogP contribution in [0.5, 0.6) is 0 Å². The number of fused-ring (bicyclic) bond motifs is 1. The van der Waals surface area contributed by atoms with E-state index < -0.39 is 0 Å². The van der Waals surface area contributed by atoms with Gasteiger partial charge in [0.2, 0.25) is 0 Å². The van der Waals surface area contributed by atoms with Gasteiger partial charge in [0, 0.05) is 54.3 Å². The van der Waals surface area contributed by atoms with E-state index in [1.807, 2.05) is 12.1 Å². The number of carbonyl (C=O) groups is 1. The topological polar surface area (TPSA) is 83.9 Å². The second-order valence-corrected chi connectivity index (χ2v) is 12.4. The maximum atomic E-state index is 12.7. The lowest BCUT2D eigenvalue weighted by molar-refractivity contribution is -0.0297. The molecule has 6 nitrogen and oxygen atoms in total. The molecule has 196 valence electrons. The lowest BCUT2D eigenvalue weighted by Gasteiger charge is -2.53. The van der Waals surface area contributed by atoms with Crippen LogP contribution in [-0.4, -0.2) is 41.5 Å². The van der Waals surface area contributed by atoms with E-state index in [0.717, 1.165) is 51.0 Å². The number of piperidine rings is 1. The van der Waals surface area contributed by atoms with Gasteiger partial charge in [0.1, 0.15) is 0 Å². The van der Waals surface area contributed by atoms with Gasteiger partial charge in [-0.3, -0.25) is 9.69 Å². The summed E-state index contributed by atoms with van der Waals surface area (Å²) in [5.41, 5.74) is 7.94. The predicted octanol–water partition coefficient (Wildman–Crippen LogP) is 5.31. The molecule has 6 heteroatoms. The molecule has 38 heavy (non-hydrogen) atoms. The number of amides is 1. The van der Waals surface area contributed by atoms with Crippen LogP contribution in [0.2, 0.25) is 0 Å². The second-order valence-electron chi connectivity index (χ2n) is 12.4. The van der Waals surface area contributed by atoms with Crippen LogP contribution >= 0.6 is 0 Å². The van der Waals surface area contributed by atoms with Crippen molar-refractivity contribution in [3.63, 3.8) is 0 Å². The number of hydrogen-bond donors (Lipinski definition) is 3. The first-order chi connectivity index (χ1) is 18.5. The number of likely N-dealkylation sites (tertiary alicyclic amines) is 1. The number of carbonyl (C=O) groups excluding carboxylic acids is 1. The van der Waals surface area contributed by atoms with Crippen LogP contribution in [0.4, 0.5) is 0 Å². The number of hydrogen-bond acceptors (Lipinski definition) is 4. The number of nitrogens with zero attached hydrogens (tertiary/aromatic N) is 2. The molecule has 2 aliphatic heterocycles. The predicted molar refractivity (Wildman–Crippen MR) is 149 cm³/mol. The zero-order chi connectivity index (χ0) is 25.9. The fourth-order valence-electron chi connectivity index (χ4n) is 7.29. The van der Waals surface area contributed by atoms with Crippen molar-refractivity contribution in [1.82, 2.24) is 20.5 Å². The van der Waals surface area contributed by atoms with Gasteiger partial charge in [0.15, 0.2) is 0 Å². The van der Waals surface area contributed by atoms with E-state index in [9.17, 15) is 10.1 Å². The van der Waals surface area contributed by atoms with Crippen molar-refractivity contribution in [2.75, 3.05) is 19.6 Å². The summed E-state index contributed by atoms with van der Waals surface area (Å²) in [4.78, 5) is 18.9. The second kappa shape index (κ2) is 9.25. The standard InChI is InChI=1S/C32H37N5O/c1-20-12-27(22-2-3-22)28(26-8-10-35-30(20)26)19-37-11-9-32(13-21(14-32)16-33)15-29(37)23-4-6-24(7-5-23)31(38)36-25-17-34-18-25/h4-8,10,12,21-22,25,29,34-35H,2-3,9,11,13-15,17-19H2,1H3,(H,36,38). The van der Waals surface area contributed by atoms with Gasteiger partial charge >= 0.3 is 0 Å². The molecule has 3 N–H and O–H groups in total. The maximum Gasteiger partial charge on any atom is 0.251 e. The number of nitrogens with one attached hydrogen (secondary N) is 3. The van der Waals surface area contributed by atoms with E-state index in [0.29, 0.717) is 12.0 Å². The Morgan fingerprint density at radius 2 is 1.95 bits per heavy atom. The molecule has 0 radical (unpaired) electrons. The lowest BCUT2D eigenvalue weighted by atomic mass is 9.56. The highest BCUT2D eigenvalue weighted by atomic mass is 16.1. The summed E-state index contributed by atoms with van der Waals surface area (Å²) >= 11 is 0. The minimum Gasteiger partial charge on any atom is -0.361 e. The molecule has 4 fully saturated rings. The number of rotatable bonds is 6. The van der Waals surface area contributed by atoms with Gasteiger partial charge in [-0.05, 0) is 104 Å². The third kappa shape index (κ3) is 4.22. The summed E-state index contributed by atoms with van der Waals surface area (Å²) in [7, 11) is 0. The average molecular weight is 508 g/mol. The SMILES string of the molecule is Cc1cc(C2CC2)c(CN2CCC3(CC(C#N)C3)CC2c2ccc(C(=O)NC3CNC3)cc2)c2cc[nH]c12. The van der Waals surface area contributed by atoms with Crippen LogP contribution in [0, 0.1) is 29.6 Å². The molecule has 0 bridgehead atoms. The Kier molecular flexibility index (Phi) is 5.83. The number of aromatic amines is 1. The highest BCUT2D eigenvalue weighted by Gasteiger charge is 2.49. The quantitative estimate of drug-likeness (QED) is 0.422. The average Bonchev–Trinajstić information content (AvgIpc) is 3.61. The van der Waals surface area contributed by atoms with Gasteiger partial charge in [-0.1, -0.05) is 18.2 Å². The largest absolute Gasteiger partial charge is 0.361 e. The number of aromatic nitrogens is 1. The Morgan fingerprint density at radius 1 is 1.16 bits per heavy atom. The van der Waals surface area contributed by atoms with Crippen molar-refractivity contribution < 1.29 is 4.79 Å². The fourth-order valence-corrected chi connectivity index (χ4v) is 7.29. The van der Waals surface area contributed by atoms with Gasteiger partial charge in [0.05, 0.1) is 12.1 Å². The molecule has 2 saturated carbocycles. The Morgan fingerprint density at radius 3 is 2.63 bits per heavy atom. The minimum absolute atomic E-state index is 0.0134. The van der Waals surface area contributed by atoms with Gasteiger partial charge in [-0.15, -0.1) is 0 Å². The molecular weight excluding hydrogens is 470 g/mol. The van der Waals surface area contributed by atoms with Crippen LogP contribution < -0.4 is 10.6 Å². The van der Waals surface area contributed by atoms with Gasteiger partial charge in [-0.25, -0.2) is 0 Å². The molecule has 2 aliphatic carbocycles. The Labute approximate surface area is 224 Å². The van der Waals surface area contributed by atoms with E-state index in [1.165, 1.54) is 46.9 Å². The monoisotopic (exact) mass is 507 g/mol. The van der Waals surface area contributed by atoms with E-state index >= 15 is 0 Å². The molecule has 1 spiro atoms. The van der Waals surface area contributed by atoms with Crippen LogP contribution in [0.25, 0.3) is 10.9 Å². The van der Waals surface area contributed by atoms with Crippen molar-refractivity contribution >= 4 is 16.8 Å². The summed E-state index contributed by atoms with van der Waals surface area (Å²) in [6, 6.07) is 16.1. The summed E-state index contributed by atoms with van der Waals surface area (Å²) in [6.07, 6.45) is 8.99. The molecule has 2 saturated heterocycles. The summed E-state index contributed by atoms with van der Waals surface area (Å²) in [6.45, 7) is 5.92. The van der Waals surface area contributed by atoms with Crippen molar-refractivity contribution in [2.45, 2.75) is 70.0 Å². The third-order valence-corrected chi connectivity index (χ3v) is 9.78. The highest BCUT2D eigenvalue weighted by Crippen LogP contribution is 2.57. The third-order valence-electron chi connectivity index (χ3n) is 9.78. The number of benzene rings is 2. The van der Waals surface area contributed by atoms with E-state index in [2.05, 4.69) is 64.0 Å². The molecule has 3 heterocycles. The molecular formula is C32H37N5O. The lowest BCUT2D eigenvalue weighted by Crippen LogP contribution is -2.56. The molecule has 1 amide bonds. The van der Waals surface area contributed by atoms with E-state index in [-0.39, 0.29) is 23.3 Å².